The average molecular weight is 288 g/mol. The number of hydrogen-bond donors (Lipinski definition) is 0. The van der Waals surface area contributed by atoms with E-state index in [0.29, 0.717) is 0 Å². The van der Waals surface area contributed by atoms with Crippen molar-refractivity contribution in [2.45, 2.75) is 50.1 Å². The van der Waals surface area contributed by atoms with Crippen molar-refractivity contribution in [2.75, 3.05) is 0 Å². The van der Waals surface area contributed by atoms with Crippen LogP contribution in [0.3, 0.4) is 0 Å². The third-order valence-corrected chi connectivity index (χ3v) is 4.02. The van der Waals surface area contributed by atoms with Gasteiger partial charge in [-0.1, -0.05) is 0 Å². The van der Waals surface area contributed by atoms with Gasteiger partial charge in [0, 0.05) is 0 Å². The largest absolute Gasteiger partial charge is 0.400 e. The smallest absolute Gasteiger partial charge is 0.236 e. The third-order valence-electron chi connectivity index (χ3n) is 4.02. The Balaban J connectivity index is 3.75. The minimum Gasteiger partial charge on any atom is -0.236 e. The second-order valence-corrected chi connectivity index (χ2v) is 4.78. The van der Waals surface area contributed by atoms with Gasteiger partial charge in [0.25, 0.3) is 0 Å². The van der Waals surface area contributed by atoms with E-state index in [0.717, 1.165) is 0 Å². The van der Waals surface area contributed by atoms with Gasteiger partial charge in [-0.05, 0) is 20.8 Å². The van der Waals surface area contributed by atoms with Gasteiger partial charge in [-0.3, -0.25) is 0 Å². The fourth-order valence-corrected chi connectivity index (χ4v) is 2.19. The maximum Gasteiger partial charge on any atom is 0.400 e. The maximum atomic E-state index is 13.7. The molecule has 0 aliphatic heterocycles. The SMILES string of the molecule is CC1(F)C(F)(F)C(F)(F)[C@@](C)(F)C1(C)C(F)(F)F. The first-order chi connectivity index (χ1) is 7.50. The molecule has 0 aromatic carbocycles. The Morgan fingerprint density at radius 2 is 0.833 bits per heavy atom. The molecule has 1 fully saturated rings. The van der Waals surface area contributed by atoms with E-state index in [-0.39, 0.29) is 20.8 Å². The Kier molecular flexibility index (Phi) is 2.65. The van der Waals surface area contributed by atoms with E-state index >= 15 is 0 Å². The van der Waals surface area contributed by atoms with Crippen LogP contribution in [0.4, 0.5) is 39.5 Å². The summed E-state index contributed by atoms with van der Waals surface area (Å²) in [6.45, 7) is -1.03. The van der Waals surface area contributed by atoms with E-state index in [1.807, 2.05) is 0 Å². The van der Waals surface area contributed by atoms with Gasteiger partial charge in [0.1, 0.15) is 5.41 Å². The summed E-state index contributed by atoms with van der Waals surface area (Å²) >= 11 is 0. The molecule has 1 saturated carbocycles. The lowest BCUT2D eigenvalue weighted by atomic mass is 9.70. The molecule has 0 radical (unpaired) electrons. The van der Waals surface area contributed by atoms with Crippen molar-refractivity contribution in [3.8, 4) is 0 Å². The summed E-state index contributed by atoms with van der Waals surface area (Å²) in [6.07, 6.45) is -5.91. The van der Waals surface area contributed by atoms with Gasteiger partial charge >= 0.3 is 18.0 Å². The van der Waals surface area contributed by atoms with Crippen molar-refractivity contribution in [1.29, 1.82) is 0 Å². The van der Waals surface area contributed by atoms with Crippen LogP contribution >= 0.6 is 0 Å². The van der Waals surface area contributed by atoms with Crippen LogP contribution in [-0.2, 0) is 0 Å². The molecule has 2 unspecified atom stereocenters. The van der Waals surface area contributed by atoms with Crippen LogP contribution in [0, 0.1) is 5.41 Å². The van der Waals surface area contributed by atoms with Crippen molar-refractivity contribution in [1.82, 2.24) is 0 Å². The standard InChI is InChI=1S/C9H9F9/c1-4(9(16,17)18)5(2,10)7(12,13)8(14,15)6(4,3)11/h1-3H3/t4?,5-,6?/m0/s1. The number of rotatable bonds is 0. The molecule has 0 spiro atoms. The van der Waals surface area contributed by atoms with E-state index in [9.17, 15) is 39.5 Å². The lowest BCUT2D eigenvalue weighted by molar-refractivity contribution is -0.298. The van der Waals surface area contributed by atoms with Crippen LogP contribution in [0.5, 0.6) is 0 Å². The Bertz CT molecular complexity index is 337. The highest BCUT2D eigenvalue weighted by Gasteiger charge is 2.96. The molecule has 1 aliphatic carbocycles. The summed E-state index contributed by atoms with van der Waals surface area (Å²) in [6, 6.07) is 0. The lowest BCUT2D eigenvalue weighted by Gasteiger charge is -2.41. The Hall–Kier alpha value is -0.630. The van der Waals surface area contributed by atoms with Crippen LogP contribution < -0.4 is 0 Å². The zero-order valence-corrected chi connectivity index (χ0v) is 9.40. The average Bonchev–Trinajstić information content (AvgIpc) is 2.16. The Morgan fingerprint density at radius 1 is 0.611 bits per heavy atom. The van der Waals surface area contributed by atoms with E-state index in [1.165, 1.54) is 0 Å². The summed E-state index contributed by atoms with van der Waals surface area (Å²) in [5, 5.41) is 0. The number of halogens is 9. The number of hydrogen-bond acceptors (Lipinski definition) is 0. The van der Waals surface area contributed by atoms with Crippen LogP contribution in [0.15, 0.2) is 0 Å². The summed E-state index contributed by atoms with van der Waals surface area (Å²) < 4.78 is 118. The molecule has 108 valence electrons. The lowest BCUT2D eigenvalue weighted by Crippen LogP contribution is -2.59. The van der Waals surface area contributed by atoms with E-state index < -0.39 is 34.8 Å². The van der Waals surface area contributed by atoms with Crippen molar-refractivity contribution >= 4 is 0 Å². The van der Waals surface area contributed by atoms with Gasteiger partial charge in [-0.2, -0.15) is 30.7 Å². The van der Waals surface area contributed by atoms with Gasteiger partial charge in [0.2, 0.25) is 0 Å². The fraction of sp³-hybridized carbons (Fsp3) is 1.00. The molecule has 3 atom stereocenters. The summed E-state index contributed by atoms with van der Waals surface area (Å²) in [7, 11) is 0. The first-order valence-electron chi connectivity index (χ1n) is 4.70. The molecule has 0 nitrogen and oxygen atoms in total. The Labute approximate surface area is 96.1 Å². The zero-order valence-electron chi connectivity index (χ0n) is 9.40. The third kappa shape index (κ3) is 1.11. The summed E-state index contributed by atoms with van der Waals surface area (Å²) in [5.41, 5.74) is -14.1. The van der Waals surface area contributed by atoms with Crippen LogP contribution in [0.2, 0.25) is 0 Å². The van der Waals surface area contributed by atoms with Gasteiger partial charge < -0.3 is 0 Å². The van der Waals surface area contributed by atoms with Crippen molar-refractivity contribution in [3.05, 3.63) is 0 Å². The molecule has 18 heavy (non-hydrogen) atoms. The van der Waals surface area contributed by atoms with Gasteiger partial charge in [-0.15, -0.1) is 0 Å². The molecular weight excluding hydrogens is 279 g/mol. The maximum absolute atomic E-state index is 13.7. The van der Waals surface area contributed by atoms with E-state index in [4.69, 9.17) is 0 Å². The fourth-order valence-electron chi connectivity index (χ4n) is 2.19. The van der Waals surface area contributed by atoms with Crippen molar-refractivity contribution in [3.63, 3.8) is 0 Å². The Morgan fingerprint density at radius 3 is 0.944 bits per heavy atom. The predicted molar refractivity (Wildman–Crippen MR) is 43.1 cm³/mol. The second-order valence-electron chi connectivity index (χ2n) is 4.78. The van der Waals surface area contributed by atoms with Crippen molar-refractivity contribution in [2.24, 2.45) is 5.41 Å². The highest BCUT2D eigenvalue weighted by Crippen LogP contribution is 2.73. The van der Waals surface area contributed by atoms with Crippen molar-refractivity contribution < 1.29 is 39.5 Å². The molecule has 0 heterocycles. The minimum atomic E-state index is -5.91. The molecule has 1 rings (SSSR count). The quantitative estimate of drug-likeness (QED) is 0.583. The molecule has 1 aliphatic rings. The molecular formula is C9H9F9. The molecule has 0 bridgehead atoms. The summed E-state index contributed by atoms with van der Waals surface area (Å²) in [4.78, 5) is 0. The van der Waals surface area contributed by atoms with Gasteiger partial charge in [0.05, 0.1) is 0 Å². The molecule has 9 heteroatoms. The normalized spacial score (nSPS) is 47.3. The van der Waals surface area contributed by atoms with E-state index in [1.54, 1.807) is 0 Å². The van der Waals surface area contributed by atoms with Gasteiger partial charge in [-0.25, -0.2) is 8.78 Å². The first-order valence-corrected chi connectivity index (χ1v) is 4.70. The summed E-state index contributed by atoms with van der Waals surface area (Å²) in [5.74, 6) is -11.6. The van der Waals surface area contributed by atoms with Gasteiger partial charge in [0.15, 0.2) is 11.3 Å². The monoisotopic (exact) mass is 288 g/mol. The molecule has 0 aromatic heterocycles. The number of alkyl halides is 9. The zero-order chi connectivity index (χ0) is 15.0. The topological polar surface area (TPSA) is 0 Å². The van der Waals surface area contributed by atoms with Crippen LogP contribution in [0.25, 0.3) is 0 Å². The highest BCUT2D eigenvalue weighted by molar-refractivity contribution is 5.29. The minimum absolute atomic E-state index is 0.304. The highest BCUT2D eigenvalue weighted by atomic mass is 19.4. The second kappa shape index (κ2) is 3.09. The molecule has 0 saturated heterocycles. The van der Waals surface area contributed by atoms with E-state index in [2.05, 4.69) is 0 Å². The van der Waals surface area contributed by atoms with Crippen LogP contribution in [0.1, 0.15) is 20.8 Å². The van der Waals surface area contributed by atoms with Crippen LogP contribution in [-0.4, -0.2) is 29.4 Å². The molecule has 0 amide bonds. The molecule has 0 aromatic rings. The first kappa shape index (κ1) is 15.4. The predicted octanol–water partition coefficient (Wildman–Crippen LogP) is 4.30. The molecule has 0 N–H and O–H groups in total.